The molecule has 2 atom stereocenters. The summed E-state index contributed by atoms with van der Waals surface area (Å²) in [4.78, 5) is 17.4. The minimum absolute atomic E-state index is 0.00206. The fourth-order valence-electron chi connectivity index (χ4n) is 4.34. The summed E-state index contributed by atoms with van der Waals surface area (Å²) in [5, 5.41) is 14.5. The second kappa shape index (κ2) is 7.89. The molecule has 0 unspecified atom stereocenters. The number of aliphatic hydroxyl groups excluding tert-OH is 1. The van der Waals surface area contributed by atoms with E-state index in [1.54, 1.807) is 16.0 Å². The molecule has 1 saturated carbocycles. The summed E-state index contributed by atoms with van der Waals surface area (Å²) >= 11 is 1.69. The number of ether oxygens (including phenoxy) is 1. The van der Waals surface area contributed by atoms with Gasteiger partial charge in [-0.2, -0.15) is 5.10 Å². The van der Waals surface area contributed by atoms with Gasteiger partial charge in [0.25, 0.3) is 5.91 Å². The number of rotatable bonds is 5. The number of carbonyl (C=O) groups is 1. The zero-order valence-corrected chi connectivity index (χ0v) is 17.8. The van der Waals surface area contributed by atoms with Gasteiger partial charge in [-0.25, -0.2) is 0 Å². The molecule has 1 fully saturated rings. The molecule has 1 aromatic carbocycles. The van der Waals surface area contributed by atoms with Crippen molar-refractivity contribution in [2.75, 3.05) is 0 Å². The molecule has 1 aliphatic carbocycles. The van der Waals surface area contributed by atoms with Crippen LogP contribution < -0.4 is 4.74 Å². The van der Waals surface area contributed by atoms with Crippen molar-refractivity contribution >= 4 is 17.2 Å². The maximum Gasteiger partial charge on any atom is 0.258 e. The van der Waals surface area contributed by atoms with Crippen LogP contribution in [0.1, 0.15) is 46.5 Å². The molecule has 1 aliphatic heterocycles. The Morgan fingerprint density at radius 3 is 2.90 bits per heavy atom. The van der Waals surface area contributed by atoms with Crippen LogP contribution in [0.25, 0.3) is 10.4 Å². The first kappa shape index (κ1) is 19.3. The molecule has 7 heteroatoms. The van der Waals surface area contributed by atoms with E-state index in [2.05, 4.69) is 17.2 Å². The van der Waals surface area contributed by atoms with Gasteiger partial charge < -0.3 is 14.7 Å². The van der Waals surface area contributed by atoms with Crippen LogP contribution in [0.3, 0.4) is 0 Å². The maximum atomic E-state index is 13.2. The molecule has 5 rings (SSSR count). The summed E-state index contributed by atoms with van der Waals surface area (Å²) < 4.78 is 7.93. The highest BCUT2D eigenvalue weighted by Crippen LogP contribution is 2.35. The molecule has 30 heavy (non-hydrogen) atoms. The zero-order valence-electron chi connectivity index (χ0n) is 17.0. The number of carbonyl (C=O) groups excluding carboxylic acids is 1. The Morgan fingerprint density at radius 2 is 2.10 bits per heavy atom. The van der Waals surface area contributed by atoms with Crippen LogP contribution in [0.5, 0.6) is 5.75 Å². The number of thiophene rings is 1. The normalized spacial score (nSPS) is 21.1. The highest BCUT2D eigenvalue weighted by Gasteiger charge is 2.33. The molecule has 2 aliphatic rings. The van der Waals surface area contributed by atoms with Crippen molar-refractivity contribution in [1.29, 1.82) is 0 Å². The topological polar surface area (TPSA) is 67.6 Å². The standard InChI is InChI=1S/C23H25N3O3S/c1-25-12-16(11-24-25)21-10-9-17(30-21)14-26-13-15-5-4-8-20(22(15)23(26)28)29-19-7-3-2-6-18(19)27/h4-5,8-12,18-19,27H,2-3,6-7,13-14H2,1H3/t18-,19-/m1/s1. The molecule has 1 amide bonds. The van der Waals surface area contributed by atoms with E-state index < -0.39 is 6.10 Å². The van der Waals surface area contributed by atoms with E-state index in [0.717, 1.165) is 46.6 Å². The maximum absolute atomic E-state index is 13.2. The molecule has 3 heterocycles. The Kier molecular flexibility index (Phi) is 5.08. The van der Waals surface area contributed by atoms with Gasteiger partial charge in [0.1, 0.15) is 11.9 Å². The number of hydrogen-bond donors (Lipinski definition) is 1. The summed E-state index contributed by atoms with van der Waals surface area (Å²) in [7, 11) is 1.91. The van der Waals surface area contributed by atoms with Gasteiger partial charge in [0.05, 0.1) is 24.4 Å². The average molecular weight is 424 g/mol. The first-order valence-corrected chi connectivity index (χ1v) is 11.2. The van der Waals surface area contributed by atoms with E-state index in [-0.39, 0.29) is 12.0 Å². The number of nitrogens with zero attached hydrogens (tertiary/aromatic N) is 3. The third kappa shape index (κ3) is 3.63. The summed E-state index contributed by atoms with van der Waals surface area (Å²) in [6.07, 6.45) is 6.83. The van der Waals surface area contributed by atoms with Crippen molar-refractivity contribution in [3.8, 4) is 16.2 Å². The number of aryl methyl sites for hydroxylation is 1. The fourth-order valence-corrected chi connectivity index (χ4v) is 5.34. The Morgan fingerprint density at radius 1 is 1.23 bits per heavy atom. The first-order chi connectivity index (χ1) is 14.6. The van der Waals surface area contributed by atoms with E-state index in [0.29, 0.717) is 24.4 Å². The van der Waals surface area contributed by atoms with Crippen LogP contribution in [0.4, 0.5) is 0 Å². The molecule has 0 saturated heterocycles. The second-order valence-corrected chi connectivity index (χ2v) is 9.30. The SMILES string of the molecule is Cn1cc(-c2ccc(CN3Cc4cccc(O[C@@H]5CCCC[C@H]5O)c4C3=O)s2)cn1. The Bertz CT molecular complexity index is 1070. The predicted octanol–water partition coefficient (Wildman–Crippen LogP) is 3.99. The fraction of sp³-hybridized carbons (Fsp3) is 0.391. The quantitative estimate of drug-likeness (QED) is 0.674. The number of aliphatic hydroxyl groups is 1. The molecule has 0 spiro atoms. The van der Waals surface area contributed by atoms with E-state index in [4.69, 9.17) is 4.74 Å². The molecule has 2 aromatic heterocycles. The number of aromatic nitrogens is 2. The summed E-state index contributed by atoms with van der Waals surface area (Å²) in [5.41, 5.74) is 2.73. The molecular formula is C23H25N3O3S. The third-order valence-corrected chi connectivity index (χ3v) is 7.04. The minimum atomic E-state index is -0.459. The predicted molar refractivity (Wildman–Crippen MR) is 115 cm³/mol. The lowest BCUT2D eigenvalue weighted by molar-refractivity contribution is 0.00636. The molecule has 3 aromatic rings. The smallest absolute Gasteiger partial charge is 0.258 e. The minimum Gasteiger partial charge on any atom is -0.487 e. The first-order valence-electron chi connectivity index (χ1n) is 10.4. The Hall–Kier alpha value is -2.64. The zero-order chi connectivity index (χ0) is 20.7. The lowest BCUT2D eigenvalue weighted by Crippen LogP contribution is -2.35. The molecule has 0 bridgehead atoms. The summed E-state index contributed by atoms with van der Waals surface area (Å²) in [5.74, 6) is 0.607. The van der Waals surface area contributed by atoms with Crippen molar-refractivity contribution in [1.82, 2.24) is 14.7 Å². The number of benzene rings is 1. The average Bonchev–Trinajstić information content (AvgIpc) is 3.44. The monoisotopic (exact) mass is 423 g/mol. The van der Waals surface area contributed by atoms with Crippen LogP contribution >= 0.6 is 11.3 Å². The van der Waals surface area contributed by atoms with E-state index in [1.165, 1.54) is 0 Å². The number of hydrogen-bond acceptors (Lipinski definition) is 5. The van der Waals surface area contributed by atoms with Gasteiger partial charge >= 0.3 is 0 Å². The third-order valence-electron chi connectivity index (χ3n) is 5.92. The van der Waals surface area contributed by atoms with Crippen molar-refractivity contribution in [2.45, 2.75) is 51.0 Å². The van der Waals surface area contributed by atoms with Crippen molar-refractivity contribution < 1.29 is 14.6 Å². The summed E-state index contributed by atoms with van der Waals surface area (Å²) in [6, 6.07) is 9.95. The van der Waals surface area contributed by atoms with Gasteiger partial charge in [0, 0.05) is 35.1 Å². The molecule has 1 N–H and O–H groups in total. The number of amides is 1. The molecular weight excluding hydrogens is 398 g/mol. The Balaban J connectivity index is 1.32. The van der Waals surface area contributed by atoms with E-state index in [1.807, 2.05) is 42.5 Å². The van der Waals surface area contributed by atoms with Crippen molar-refractivity contribution in [3.05, 3.63) is 58.7 Å². The molecule has 0 radical (unpaired) electrons. The second-order valence-electron chi connectivity index (χ2n) is 8.13. The van der Waals surface area contributed by atoms with Crippen LogP contribution in [0.2, 0.25) is 0 Å². The van der Waals surface area contributed by atoms with Gasteiger partial charge in [0.15, 0.2) is 0 Å². The Labute approximate surface area is 179 Å². The van der Waals surface area contributed by atoms with Gasteiger partial charge in [-0.15, -0.1) is 11.3 Å². The van der Waals surface area contributed by atoms with Crippen molar-refractivity contribution in [3.63, 3.8) is 0 Å². The van der Waals surface area contributed by atoms with Crippen LogP contribution in [0.15, 0.2) is 42.7 Å². The van der Waals surface area contributed by atoms with Crippen LogP contribution in [-0.4, -0.2) is 37.9 Å². The van der Waals surface area contributed by atoms with Gasteiger partial charge in [0.2, 0.25) is 0 Å². The van der Waals surface area contributed by atoms with E-state index >= 15 is 0 Å². The van der Waals surface area contributed by atoms with Gasteiger partial charge in [-0.3, -0.25) is 9.48 Å². The number of fused-ring (bicyclic) bond motifs is 1. The van der Waals surface area contributed by atoms with E-state index in [9.17, 15) is 9.90 Å². The highest BCUT2D eigenvalue weighted by atomic mass is 32.1. The lowest BCUT2D eigenvalue weighted by atomic mass is 9.94. The lowest BCUT2D eigenvalue weighted by Gasteiger charge is -2.28. The largest absolute Gasteiger partial charge is 0.487 e. The highest BCUT2D eigenvalue weighted by molar-refractivity contribution is 7.15. The van der Waals surface area contributed by atoms with Crippen molar-refractivity contribution in [2.24, 2.45) is 7.05 Å². The van der Waals surface area contributed by atoms with Crippen LogP contribution in [0, 0.1) is 0 Å². The molecule has 6 nitrogen and oxygen atoms in total. The molecule has 156 valence electrons. The van der Waals surface area contributed by atoms with Gasteiger partial charge in [-0.05, 0) is 43.0 Å². The summed E-state index contributed by atoms with van der Waals surface area (Å²) in [6.45, 7) is 1.16. The van der Waals surface area contributed by atoms with Gasteiger partial charge in [-0.1, -0.05) is 18.6 Å². The van der Waals surface area contributed by atoms with Crippen LogP contribution in [-0.2, 0) is 20.1 Å².